The van der Waals surface area contributed by atoms with Crippen LogP contribution >= 0.6 is 34.3 Å². The van der Waals surface area contributed by atoms with E-state index < -0.39 is 0 Å². The van der Waals surface area contributed by atoms with Gasteiger partial charge in [0.2, 0.25) is 0 Å². The highest BCUT2D eigenvalue weighted by Crippen LogP contribution is 2.29. The van der Waals surface area contributed by atoms with Gasteiger partial charge in [-0.3, -0.25) is 4.79 Å². The average molecular weight is 408 g/mol. The topological polar surface area (TPSA) is 79.8 Å². The largest absolute Gasteiger partial charge is 0.343 e. The summed E-state index contributed by atoms with van der Waals surface area (Å²) in [5.74, 6) is 0.387. The normalized spacial score (nSPS) is 12.0. The summed E-state index contributed by atoms with van der Waals surface area (Å²) in [7, 11) is 0. The van der Waals surface area contributed by atoms with Gasteiger partial charge in [-0.25, -0.2) is 15.0 Å². The van der Waals surface area contributed by atoms with E-state index in [0.717, 1.165) is 28.4 Å². The van der Waals surface area contributed by atoms with Crippen LogP contribution < -0.4 is 10.6 Å². The minimum atomic E-state index is -0.183. The number of hydrogen-bond donors (Lipinski definition) is 2. The van der Waals surface area contributed by atoms with E-state index in [2.05, 4.69) is 32.5 Å². The van der Waals surface area contributed by atoms with Crippen LogP contribution in [0.1, 0.15) is 46.2 Å². The summed E-state index contributed by atoms with van der Waals surface area (Å²) in [5.41, 5.74) is 0.868. The highest BCUT2D eigenvalue weighted by molar-refractivity contribution is 7.15. The van der Waals surface area contributed by atoms with E-state index in [4.69, 9.17) is 11.6 Å². The lowest BCUT2D eigenvalue weighted by atomic mass is 10.0. The number of aryl methyl sites for hydroxylation is 1. The molecular formula is C17H18ClN5OS2. The minimum Gasteiger partial charge on any atom is -0.343 e. The van der Waals surface area contributed by atoms with Crippen molar-refractivity contribution in [3.8, 4) is 0 Å². The zero-order chi connectivity index (χ0) is 18.5. The van der Waals surface area contributed by atoms with Gasteiger partial charge >= 0.3 is 0 Å². The van der Waals surface area contributed by atoms with E-state index in [-0.39, 0.29) is 11.9 Å². The van der Waals surface area contributed by atoms with E-state index in [1.54, 1.807) is 24.0 Å². The Morgan fingerprint density at radius 2 is 2.15 bits per heavy atom. The summed E-state index contributed by atoms with van der Waals surface area (Å²) >= 11 is 9.25. The van der Waals surface area contributed by atoms with Gasteiger partial charge in [-0.2, -0.15) is 0 Å². The smallest absolute Gasteiger partial charge is 0.280 e. The number of rotatable bonds is 7. The third kappa shape index (κ3) is 4.57. The second-order valence-corrected chi connectivity index (χ2v) is 8.16. The van der Waals surface area contributed by atoms with Crippen molar-refractivity contribution in [2.24, 2.45) is 0 Å². The standard InChI is InChI=1S/C17H18ClN5OS2/c1-3-4-13(22-16(24)17-19-5-6-25-17)11-7-12(18)15(21-8-11)23-14-9-20-10(2)26-14/h5-9,13H,3-4H2,1-2H3,(H,21,23)(H,22,24)/t13-/m1/s1. The van der Waals surface area contributed by atoms with Crippen molar-refractivity contribution in [3.63, 3.8) is 0 Å². The Morgan fingerprint density at radius 1 is 1.31 bits per heavy atom. The van der Waals surface area contributed by atoms with Gasteiger partial charge in [0, 0.05) is 17.8 Å². The number of thiazole rings is 2. The number of hydrogen-bond acceptors (Lipinski definition) is 7. The molecule has 26 heavy (non-hydrogen) atoms. The van der Waals surface area contributed by atoms with Crippen LogP contribution in [0.15, 0.2) is 30.0 Å². The third-order valence-corrected chi connectivity index (χ3v) is 5.52. The van der Waals surface area contributed by atoms with Gasteiger partial charge < -0.3 is 10.6 Å². The van der Waals surface area contributed by atoms with Gasteiger partial charge in [-0.15, -0.1) is 22.7 Å². The SMILES string of the molecule is CCC[C@@H](NC(=O)c1nccs1)c1cnc(Nc2cnc(C)s2)c(Cl)c1. The van der Waals surface area contributed by atoms with Crippen LogP contribution in [0.5, 0.6) is 0 Å². The second kappa shape index (κ2) is 8.57. The summed E-state index contributed by atoms with van der Waals surface area (Å²) in [4.78, 5) is 25.0. The molecule has 3 heterocycles. The maximum atomic E-state index is 12.3. The number of nitrogens with one attached hydrogen (secondary N) is 2. The van der Waals surface area contributed by atoms with Crippen molar-refractivity contribution >= 4 is 51.0 Å². The van der Waals surface area contributed by atoms with Crippen molar-refractivity contribution in [3.05, 3.63) is 50.6 Å². The zero-order valence-electron chi connectivity index (χ0n) is 14.3. The maximum Gasteiger partial charge on any atom is 0.280 e. The second-order valence-electron chi connectivity index (χ2n) is 5.62. The lowest BCUT2D eigenvalue weighted by Gasteiger charge is -2.18. The van der Waals surface area contributed by atoms with Gasteiger partial charge in [-0.1, -0.05) is 24.9 Å². The third-order valence-electron chi connectivity index (χ3n) is 3.64. The van der Waals surface area contributed by atoms with Crippen LogP contribution in [-0.4, -0.2) is 20.9 Å². The summed E-state index contributed by atoms with van der Waals surface area (Å²) in [6.45, 7) is 4.01. The fourth-order valence-corrected chi connectivity index (χ4v) is 3.87. The summed E-state index contributed by atoms with van der Waals surface area (Å²) in [6.07, 6.45) is 6.82. The average Bonchev–Trinajstić information content (AvgIpc) is 3.28. The Morgan fingerprint density at radius 3 is 2.77 bits per heavy atom. The fraction of sp³-hybridized carbons (Fsp3) is 0.294. The molecule has 0 spiro atoms. The summed E-state index contributed by atoms with van der Waals surface area (Å²) < 4.78 is 0. The van der Waals surface area contributed by atoms with Crippen molar-refractivity contribution in [1.82, 2.24) is 20.3 Å². The summed E-state index contributed by atoms with van der Waals surface area (Å²) in [6, 6.07) is 1.67. The molecule has 0 aliphatic carbocycles. The van der Waals surface area contributed by atoms with Crippen LogP contribution in [-0.2, 0) is 0 Å². The molecule has 0 unspecified atom stereocenters. The molecule has 0 saturated carbocycles. The first-order chi connectivity index (χ1) is 12.6. The number of anilines is 2. The van der Waals surface area contributed by atoms with Crippen molar-refractivity contribution < 1.29 is 4.79 Å². The van der Waals surface area contributed by atoms with Gasteiger partial charge in [0.25, 0.3) is 5.91 Å². The van der Waals surface area contributed by atoms with Crippen LogP contribution in [0.25, 0.3) is 0 Å². The van der Waals surface area contributed by atoms with E-state index in [1.807, 2.05) is 13.0 Å². The molecule has 0 aliphatic heterocycles. The molecule has 2 N–H and O–H groups in total. The molecule has 1 atom stereocenters. The minimum absolute atomic E-state index is 0.166. The molecule has 136 valence electrons. The molecule has 0 saturated heterocycles. The molecule has 0 aromatic carbocycles. The number of amides is 1. The number of nitrogens with zero attached hydrogens (tertiary/aromatic N) is 3. The maximum absolute atomic E-state index is 12.3. The van der Waals surface area contributed by atoms with Gasteiger partial charge in [-0.05, 0) is 25.0 Å². The predicted octanol–water partition coefficient (Wildman–Crippen LogP) is 4.97. The number of aromatic nitrogens is 3. The van der Waals surface area contributed by atoms with Crippen LogP contribution in [0, 0.1) is 6.92 Å². The molecule has 0 fully saturated rings. The van der Waals surface area contributed by atoms with Gasteiger partial charge in [0.15, 0.2) is 5.01 Å². The Balaban J connectivity index is 1.76. The molecule has 0 radical (unpaired) electrons. The molecule has 6 nitrogen and oxygen atoms in total. The molecule has 0 aliphatic rings. The van der Waals surface area contributed by atoms with Crippen molar-refractivity contribution in [1.29, 1.82) is 0 Å². The highest BCUT2D eigenvalue weighted by Gasteiger charge is 2.18. The number of carbonyl (C=O) groups excluding carboxylic acids is 1. The molecule has 0 bridgehead atoms. The number of halogens is 1. The Hall–Kier alpha value is -2.03. The van der Waals surface area contributed by atoms with Crippen molar-refractivity contribution in [2.45, 2.75) is 32.7 Å². The van der Waals surface area contributed by atoms with Gasteiger partial charge in [0.1, 0.15) is 10.8 Å². The molecule has 1 amide bonds. The van der Waals surface area contributed by atoms with E-state index in [1.165, 1.54) is 22.7 Å². The fourth-order valence-electron chi connectivity index (χ4n) is 2.44. The zero-order valence-corrected chi connectivity index (χ0v) is 16.7. The first kappa shape index (κ1) is 18.8. The summed E-state index contributed by atoms with van der Waals surface area (Å²) in [5, 5.41) is 10.8. The highest BCUT2D eigenvalue weighted by atomic mass is 35.5. The number of pyridine rings is 1. The van der Waals surface area contributed by atoms with Crippen molar-refractivity contribution in [2.75, 3.05) is 5.32 Å². The molecule has 3 aromatic heterocycles. The van der Waals surface area contributed by atoms with Crippen LogP contribution in [0.3, 0.4) is 0 Å². The predicted molar refractivity (Wildman–Crippen MR) is 107 cm³/mol. The van der Waals surface area contributed by atoms with Crippen LogP contribution in [0.2, 0.25) is 5.02 Å². The molecular weight excluding hydrogens is 390 g/mol. The Bertz CT molecular complexity index is 881. The molecule has 3 aromatic rings. The Kier molecular flexibility index (Phi) is 6.18. The lowest BCUT2D eigenvalue weighted by Crippen LogP contribution is -2.28. The van der Waals surface area contributed by atoms with Gasteiger partial charge in [0.05, 0.1) is 22.3 Å². The van der Waals surface area contributed by atoms with E-state index >= 15 is 0 Å². The molecule has 9 heteroatoms. The Labute approximate surface area is 164 Å². The van der Waals surface area contributed by atoms with E-state index in [9.17, 15) is 4.79 Å². The number of carbonyl (C=O) groups is 1. The lowest BCUT2D eigenvalue weighted by molar-refractivity contribution is 0.0934. The monoisotopic (exact) mass is 407 g/mol. The first-order valence-corrected chi connectivity index (χ1v) is 10.2. The molecule has 3 rings (SSSR count). The van der Waals surface area contributed by atoms with Crippen LogP contribution in [0.4, 0.5) is 10.8 Å². The first-order valence-electron chi connectivity index (χ1n) is 8.12. The quantitative estimate of drug-likeness (QED) is 0.577. The van der Waals surface area contributed by atoms with E-state index in [0.29, 0.717) is 15.8 Å².